The van der Waals surface area contributed by atoms with Crippen LogP contribution in [-0.4, -0.2) is 5.78 Å². The van der Waals surface area contributed by atoms with Crippen LogP contribution in [0.25, 0.3) is 0 Å². The van der Waals surface area contributed by atoms with Gasteiger partial charge in [-0.1, -0.05) is 6.07 Å². The number of fused-ring (bicyclic) bond motifs is 1. The monoisotopic (exact) mass is 214 g/mol. The van der Waals surface area contributed by atoms with Crippen LogP contribution in [0.5, 0.6) is 0 Å². The number of hydrogen-bond donors (Lipinski definition) is 0. The fourth-order valence-electron chi connectivity index (χ4n) is 1.80. The molecule has 15 heavy (non-hydrogen) atoms. The van der Waals surface area contributed by atoms with Crippen LogP contribution in [-0.2, 0) is 12.6 Å². The summed E-state index contributed by atoms with van der Waals surface area (Å²) < 4.78 is 37.1. The highest BCUT2D eigenvalue weighted by Crippen LogP contribution is 2.32. The van der Waals surface area contributed by atoms with E-state index >= 15 is 0 Å². The van der Waals surface area contributed by atoms with Crippen LogP contribution in [0.2, 0.25) is 0 Å². The standard InChI is InChI=1S/C11H9F3O/c12-11(13,14)8-5-4-7-2-1-3-10(15)9(7)6-8/h4-6H,1-3H2. The smallest absolute Gasteiger partial charge is 0.294 e. The lowest BCUT2D eigenvalue weighted by atomic mass is 9.89. The zero-order chi connectivity index (χ0) is 11.1. The van der Waals surface area contributed by atoms with Gasteiger partial charge in [-0.2, -0.15) is 13.2 Å². The molecule has 80 valence electrons. The van der Waals surface area contributed by atoms with Crippen LogP contribution >= 0.6 is 0 Å². The summed E-state index contributed by atoms with van der Waals surface area (Å²) in [6, 6.07) is 3.42. The molecule has 0 bridgehead atoms. The Morgan fingerprint density at radius 2 is 1.87 bits per heavy atom. The van der Waals surface area contributed by atoms with Gasteiger partial charge in [0.05, 0.1) is 5.56 Å². The number of alkyl halides is 3. The maximum absolute atomic E-state index is 12.4. The van der Waals surface area contributed by atoms with Crippen molar-refractivity contribution in [2.75, 3.05) is 0 Å². The highest BCUT2D eigenvalue weighted by atomic mass is 19.4. The van der Waals surface area contributed by atoms with Gasteiger partial charge in [0.25, 0.3) is 0 Å². The van der Waals surface area contributed by atoms with E-state index in [1.165, 1.54) is 6.07 Å². The molecule has 4 heteroatoms. The summed E-state index contributed by atoms with van der Waals surface area (Å²) in [7, 11) is 0. The van der Waals surface area contributed by atoms with E-state index in [2.05, 4.69) is 0 Å². The first-order valence-corrected chi connectivity index (χ1v) is 4.72. The summed E-state index contributed by atoms with van der Waals surface area (Å²) >= 11 is 0. The molecule has 0 N–H and O–H groups in total. The van der Waals surface area contributed by atoms with Crippen LogP contribution in [0, 0.1) is 0 Å². The van der Waals surface area contributed by atoms with Crippen molar-refractivity contribution < 1.29 is 18.0 Å². The van der Waals surface area contributed by atoms with E-state index in [4.69, 9.17) is 0 Å². The van der Waals surface area contributed by atoms with Crippen LogP contribution < -0.4 is 0 Å². The van der Waals surface area contributed by atoms with Crippen molar-refractivity contribution in [2.45, 2.75) is 25.4 Å². The van der Waals surface area contributed by atoms with Gasteiger partial charge in [-0.3, -0.25) is 4.79 Å². The number of halogens is 3. The van der Waals surface area contributed by atoms with E-state index in [-0.39, 0.29) is 11.3 Å². The van der Waals surface area contributed by atoms with Crippen molar-refractivity contribution in [3.63, 3.8) is 0 Å². The molecule has 0 fully saturated rings. The lowest BCUT2D eigenvalue weighted by Crippen LogP contribution is -2.13. The first-order valence-electron chi connectivity index (χ1n) is 4.72. The molecule has 0 heterocycles. The second kappa shape index (κ2) is 3.36. The Balaban J connectivity index is 2.49. The average molecular weight is 214 g/mol. The van der Waals surface area contributed by atoms with Gasteiger partial charge >= 0.3 is 6.18 Å². The number of carbonyl (C=O) groups is 1. The zero-order valence-electron chi connectivity index (χ0n) is 7.90. The number of benzene rings is 1. The summed E-state index contributed by atoms with van der Waals surface area (Å²) in [5.41, 5.74) is 0.242. The Bertz CT molecular complexity index is 407. The normalized spacial score (nSPS) is 16.3. The van der Waals surface area contributed by atoms with E-state index in [1.54, 1.807) is 0 Å². The Morgan fingerprint density at radius 3 is 2.53 bits per heavy atom. The molecule has 2 rings (SSSR count). The minimum absolute atomic E-state index is 0.178. The molecule has 0 saturated carbocycles. The first kappa shape index (κ1) is 10.2. The van der Waals surface area contributed by atoms with Crippen molar-refractivity contribution in [2.24, 2.45) is 0 Å². The zero-order valence-corrected chi connectivity index (χ0v) is 7.90. The van der Waals surface area contributed by atoms with E-state index in [0.717, 1.165) is 24.1 Å². The van der Waals surface area contributed by atoms with E-state index in [0.29, 0.717) is 12.8 Å². The largest absolute Gasteiger partial charge is 0.416 e. The first-order chi connectivity index (χ1) is 6.98. The number of carbonyl (C=O) groups excluding carboxylic acids is 1. The fourth-order valence-corrected chi connectivity index (χ4v) is 1.80. The van der Waals surface area contributed by atoms with Crippen molar-refractivity contribution in [3.05, 3.63) is 34.9 Å². The molecule has 0 spiro atoms. The predicted octanol–water partition coefficient (Wildman–Crippen LogP) is 3.22. The Labute approximate surface area is 84.9 Å². The quantitative estimate of drug-likeness (QED) is 0.648. The molecule has 1 aromatic carbocycles. The summed E-state index contributed by atoms with van der Waals surface area (Å²) in [5, 5.41) is 0. The maximum atomic E-state index is 12.4. The highest BCUT2D eigenvalue weighted by molar-refractivity contribution is 5.98. The highest BCUT2D eigenvalue weighted by Gasteiger charge is 2.32. The molecular formula is C11H9F3O. The van der Waals surface area contributed by atoms with Crippen molar-refractivity contribution >= 4 is 5.78 Å². The number of ketones is 1. The number of hydrogen-bond acceptors (Lipinski definition) is 1. The van der Waals surface area contributed by atoms with Crippen LogP contribution in [0.1, 0.15) is 34.3 Å². The topological polar surface area (TPSA) is 17.1 Å². The summed E-state index contributed by atoms with van der Waals surface area (Å²) in [4.78, 5) is 11.4. The fraction of sp³-hybridized carbons (Fsp3) is 0.364. The van der Waals surface area contributed by atoms with Crippen LogP contribution in [0.3, 0.4) is 0 Å². The summed E-state index contributed by atoms with van der Waals surface area (Å²) in [6.45, 7) is 0. The van der Waals surface area contributed by atoms with Crippen LogP contribution in [0.4, 0.5) is 13.2 Å². The van der Waals surface area contributed by atoms with Crippen molar-refractivity contribution in [3.8, 4) is 0 Å². The SMILES string of the molecule is O=C1CCCc2ccc(C(F)(F)F)cc21. The van der Waals surface area contributed by atoms with Gasteiger partial charge in [-0.05, 0) is 30.5 Å². The van der Waals surface area contributed by atoms with Crippen LogP contribution in [0.15, 0.2) is 18.2 Å². The number of aryl methyl sites for hydroxylation is 1. The minimum Gasteiger partial charge on any atom is -0.294 e. The molecule has 0 radical (unpaired) electrons. The minimum atomic E-state index is -4.37. The van der Waals surface area contributed by atoms with Crippen molar-refractivity contribution in [1.29, 1.82) is 0 Å². The summed E-state index contributed by atoms with van der Waals surface area (Å²) in [5.74, 6) is -0.178. The van der Waals surface area contributed by atoms with Crippen molar-refractivity contribution in [1.82, 2.24) is 0 Å². The Hall–Kier alpha value is -1.32. The molecule has 1 aromatic rings. The summed E-state index contributed by atoms with van der Waals surface area (Å²) in [6.07, 6.45) is -2.59. The number of rotatable bonds is 0. The lowest BCUT2D eigenvalue weighted by molar-refractivity contribution is -0.137. The molecule has 1 nitrogen and oxygen atoms in total. The third-order valence-electron chi connectivity index (χ3n) is 2.59. The Morgan fingerprint density at radius 1 is 1.13 bits per heavy atom. The van der Waals surface area contributed by atoms with Gasteiger partial charge in [0.2, 0.25) is 0 Å². The molecule has 0 amide bonds. The van der Waals surface area contributed by atoms with Gasteiger partial charge in [-0.15, -0.1) is 0 Å². The molecule has 0 aliphatic heterocycles. The van der Waals surface area contributed by atoms with Gasteiger partial charge < -0.3 is 0 Å². The number of Topliss-reactive ketones (excluding diaryl/α,β-unsaturated/α-hetero) is 1. The second-order valence-corrected chi connectivity index (χ2v) is 3.65. The molecule has 1 aliphatic carbocycles. The van der Waals surface area contributed by atoms with Gasteiger partial charge in [0.15, 0.2) is 5.78 Å². The van der Waals surface area contributed by atoms with E-state index in [9.17, 15) is 18.0 Å². The molecule has 1 aliphatic rings. The van der Waals surface area contributed by atoms with Gasteiger partial charge in [0.1, 0.15) is 0 Å². The molecule has 0 atom stereocenters. The Kier molecular flexibility index (Phi) is 2.29. The molecular weight excluding hydrogens is 205 g/mol. The van der Waals surface area contributed by atoms with Gasteiger partial charge in [0, 0.05) is 12.0 Å². The molecule has 0 unspecified atom stereocenters. The lowest BCUT2D eigenvalue weighted by Gasteiger charge is -2.16. The molecule has 0 saturated heterocycles. The van der Waals surface area contributed by atoms with E-state index < -0.39 is 11.7 Å². The third kappa shape index (κ3) is 1.89. The maximum Gasteiger partial charge on any atom is 0.416 e. The molecule has 0 aromatic heterocycles. The van der Waals surface area contributed by atoms with E-state index in [1.807, 2.05) is 0 Å². The predicted molar refractivity (Wildman–Crippen MR) is 48.7 cm³/mol. The average Bonchev–Trinajstić information content (AvgIpc) is 2.16. The van der Waals surface area contributed by atoms with Gasteiger partial charge in [-0.25, -0.2) is 0 Å². The third-order valence-corrected chi connectivity index (χ3v) is 2.59. The second-order valence-electron chi connectivity index (χ2n) is 3.65.